The van der Waals surface area contributed by atoms with Crippen LogP contribution in [-0.4, -0.2) is 27.3 Å². The van der Waals surface area contributed by atoms with Crippen LogP contribution in [-0.2, 0) is 4.79 Å². The van der Waals surface area contributed by atoms with Gasteiger partial charge in [0, 0.05) is 16.7 Å². The third-order valence-electron chi connectivity index (χ3n) is 2.51. The standard InChI is InChI=1S/C12H11ClF2O4/c1-5(13)9(16)6-3-2-4-7(11(14)15)8(6)10(17)12(18)19/h2-5,10-11,17H,1H3,(H,18,19). The third-order valence-corrected chi connectivity index (χ3v) is 2.71. The van der Waals surface area contributed by atoms with Crippen molar-refractivity contribution in [3.63, 3.8) is 0 Å². The molecule has 4 nitrogen and oxygen atoms in total. The number of alkyl halides is 3. The Hall–Kier alpha value is -1.53. The second-order valence-corrected chi connectivity index (χ2v) is 4.48. The fourth-order valence-corrected chi connectivity index (χ4v) is 1.75. The minimum Gasteiger partial charge on any atom is -0.479 e. The van der Waals surface area contributed by atoms with Crippen LogP contribution in [0.25, 0.3) is 0 Å². The van der Waals surface area contributed by atoms with Crippen molar-refractivity contribution in [1.29, 1.82) is 0 Å². The number of benzene rings is 1. The van der Waals surface area contributed by atoms with E-state index in [0.29, 0.717) is 0 Å². The van der Waals surface area contributed by atoms with Gasteiger partial charge in [0.2, 0.25) is 0 Å². The van der Waals surface area contributed by atoms with Gasteiger partial charge in [0.25, 0.3) is 6.43 Å². The molecule has 19 heavy (non-hydrogen) atoms. The average molecular weight is 293 g/mol. The van der Waals surface area contributed by atoms with Crippen LogP contribution in [0.4, 0.5) is 8.78 Å². The van der Waals surface area contributed by atoms with Gasteiger partial charge >= 0.3 is 5.97 Å². The zero-order valence-corrected chi connectivity index (χ0v) is 10.6. The molecule has 1 rings (SSSR count). The largest absolute Gasteiger partial charge is 0.479 e. The van der Waals surface area contributed by atoms with Gasteiger partial charge in [0.15, 0.2) is 11.9 Å². The Bertz CT molecular complexity index is 503. The smallest absolute Gasteiger partial charge is 0.337 e. The summed E-state index contributed by atoms with van der Waals surface area (Å²) in [4.78, 5) is 22.6. The lowest BCUT2D eigenvalue weighted by Crippen LogP contribution is -2.20. The summed E-state index contributed by atoms with van der Waals surface area (Å²) in [6.45, 7) is 1.33. The Morgan fingerprint density at radius 3 is 2.32 bits per heavy atom. The average Bonchev–Trinajstić information content (AvgIpc) is 2.35. The molecule has 0 aliphatic rings. The number of hydrogen-bond donors (Lipinski definition) is 2. The number of carbonyl (C=O) groups excluding carboxylic acids is 1. The summed E-state index contributed by atoms with van der Waals surface area (Å²) in [5.41, 5.74) is -1.62. The van der Waals surface area contributed by atoms with Gasteiger partial charge in [-0.3, -0.25) is 4.79 Å². The van der Waals surface area contributed by atoms with Crippen molar-refractivity contribution in [2.24, 2.45) is 0 Å². The molecule has 0 aliphatic carbocycles. The lowest BCUT2D eigenvalue weighted by molar-refractivity contribution is -0.147. The first kappa shape index (κ1) is 15.5. The minimum absolute atomic E-state index is 0.310. The molecular weight excluding hydrogens is 282 g/mol. The van der Waals surface area contributed by atoms with E-state index in [1.165, 1.54) is 13.0 Å². The van der Waals surface area contributed by atoms with Gasteiger partial charge in [-0.25, -0.2) is 13.6 Å². The van der Waals surface area contributed by atoms with Gasteiger partial charge in [-0.15, -0.1) is 11.6 Å². The summed E-state index contributed by atoms with van der Waals surface area (Å²) in [5, 5.41) is 17.2. The van der Waals surface area contributed by atoms with Crippen molar-refractivity contribution < 1.29 is 28.6 Å². The number of rotatable bonds is 5. The second-order valence-electron chi connectivity index (χ2n) is 3.83. The normalized spacial score (nSPS) is 14.2. The predicted molar refractivity (Wildman–Crippen MR) is 63.6 cm³/mol. The van der Waals surface area contributed by atoms with Crippen LogP contribution in [0.5, 0.6) is 0 Å². The first-order chi connectivity index (χ1) is 8.77. The van der Waals surface area contributed by atoms with E-state index in [2.05, 4.69) is 0 Å². The number of carboxylic acid groups (broad SMARTS) is 1. The van der Waals surface area contributed by atoms with Crippen molar-refractivity contribution in [2.45, 2.75) is 24.8 Å². The number of halogens is 3. The monoisotopic (exact) mass is 292 g/mol. The van der Waals surface area contributed by atoms with Crippen LogP contribution in [0, 0.1) is 0 Å². The molecule has 1 aromatic rings. The van der Waals surface area contributed by atoms with Crippen LogP contribution in [0.3, 0.4) is 0 Å². The molecule has 7 heteroatoms. The number of Topliss-reactive ketones (excluding diaryl/α,β-unsaturated/α-hetero) is 1. The highest BCUT2D eigenvalue weighted by Gasteiger charge is 2.29. The molecule has 104 valence electrons. The van der Waals surface area contributed by atoms with Crippen LogP contribution in [0.15, 0.2) is 18.2 Å². The van der Waals surface area contributed by atoms with E-state index in [-0.39, 0.29) is 5.56 Å². The topological polar surface area (TPSA) is 74.6 Å². The Morgan fingerprint density at radius 1 is 1.32 bits per heavy atom. The summed E-state index contributed by atoms with van der Waals surface area (Å²) >= 11 is 5.58. The number of carboxylic acids is 1. The first-order valence-corrected chi connectivity index (χ1v) is 5.71. The number of ketones is 1. The molecular formula is C12H11ClF2O4. The third kappa shape index (κ3) is 3.27. The molecule has 0 aliphatic heterocycles. The molecule has 0 saturated heterocycles. The summed E-state index contributed by atoms with van der Waals surface area (Å²) in [6, 6.07) is 3.31. The maximum atomic E-state index is 12.8. The Morgan fingerprint density at radius 2 is 1.89 bits per heavy atom. The van der Waals surface area contributed by atoms with Gasteiger partial charge < -0.3 is 10.2 Å². The second kappa shape index (κ2) is 6.08. The van der Waals surface area contributed by atoms with Gasteiger partial charge in [-0.05, 0) is 6.92 Å². The Labute approximate surface area is 112 Å². The fourth-order valence-electron chi connectivity index (χ4n) is 1.63. The van der Waals surface area contributed by atoms with Crippen molar-refractivity contribution in [3.05, 3.63) is 34.9 Å². The molecule has 2 atom stereocenters. The van der Waals surface area contributed by atoms with Crippen LogP contribution in [0.2, 0.25) is 0 Å². The van der Waals surface area contributed by atoms with Gasteiger partial charge in [-0.1, -0.05) is 18.2 Å². The van der Waals surface area contributed by atoms with Crippen molar-refractivity contribution in [3.8, 4) is 0 Å². The van der Waals surface area contributed by atoms with E-state index in [1.54, 1.807) is 0 Å². The summed E-state index contributed by atoms with van der Waals surface area (Å²) in [6.07, 6.45) is -5.22. The highest BCUT2D eigenvalue weighted by atomic mass is 35.5. The van der Waals surface area contributed by atoms with E-state index in [1.807, 2.05) is 0 Å². The molecule has 2 unspecified atom stereocenters. The quantitative estimate of drug-likeness (QED) is 0.646. The minimum atomic E-state index is -3.01. The van der Waals surface area contributed by atoms with E-state index < -0.39 is 40.8 Å². The molecule has 0 radical (unpaired) electrons. The molecule has 0 aromatic heterocycles. The lowest BCUT2D eigenvalue weighted by atomic mass is 9.93. The molecule has 1 aromatic carbocycles. The van der Waals surface area contributed by atoms with E-state index >= 15 is 0 Å². The number of hydrogen-bond acceptors (Lipinski definition) is 3. The summed E-state index contributed by atoms with van der Waals surface area (Å²) in [5.74, 6) is -2.44. The molecule has 0 spiro atoms. The number of aliphatic carboxylic acids is 1. The van der Waals surface area contributed by atoms with E-state index in [0.717, 1.165) is 12.1 Å². The van der Waals surface area contributed by atoms with E-state index in [9.17, 15) is 23.5 Å². The highest BCUT2D eigenvalue weighted by molar-refractivity contribution is 6.33. The van der Waals surface area contributed by atoms with Gasteiger partial charge in [0.05, 0.1) is 5.38 Å². The summed E-state index contributed by atoms with van der Waals surface area (Å²) < 4.78 is 25.7. The Kier molecular flexibility index (Phi) is 4.97. The van der Waals surface area contributed by atoms with Gasteiger partial charge in [-0.2, -0.15) is 0 Å². The molecule has 0 amide bonds. The molecule has 2 N–H and O–H groups in total. The molecule has 0 heterocycles. The van der Waals surface area contributed by atoms with Crippen molar-refractivity contribution in [2.75, 3.05) is 0 Å². The fraction of sp³-hybridized carbons (Fsp3) is 0.333. The van der Waals surface area contributed by atoms with Crippen molar-refractivity contribution >= 4 is 23.4 Å². The maximum absolute atomic E-state index is 12.8. The van der Waals surface area contributed by atoms with Gasteiger partial charge in [0.1, 0.15) is 0 Å². The predicted octanol–water partition coefficient (Wildman–Crippen LogP) is 2.55. The van der Waals surface area contributed by atoms with Crippen molar-refractivity contribution in [1.82, 2.24) is 0 Å². The Balaban J connectivity index is 3.51. The summed E-state index contributed by atoms with van der Waals surface area (Å²) in [7, 11) is 0. The van der Waals surface area contributed by atoms with Crippen LogP contribution >= 0.6 is 11.6 Å². The SMILES string of the molecule is CC(Cl)C(=O)c1cccc(C(F)F)c1C(O)C(=O)O. The lowest BCUT2D eigenvalue weighted by Gasteiger charge is -2.16. The van der Waals surface area contributed by atoms with E-state index in [4.69, 9.17) is 16.7 Å². The van der Waals surface area contributed by atoms with Crippen LogP contribution < -0.4 is 0 Å². The molecule has 0 fully saturated rings. The zero-order valence-electron chi connectivity index (χ0n) is 9.81. The maximum Gasteiger partial charge on any atom is 0.337 e. The zero-order chi connectivity index (χ0) is 14.7. The van der Waals surface area contributed by atoms with Crippen LogP contribution in [0.1, 0.15) is 40.9 Å². The highest BCUT2D eigenvalue weighted by Crippen LogP contribution is 2.31. The number of aliphatic hydroxyl groups excluding tert-OH is 1. The molecule has 0 bridgehead atoms. The first-order valence-electron chi connectivity index (χ1n) is 5.27. The molecule has 0 saturated carbocycles. The number of carbonyl (C=O) groups is 2. The number of aliphatic hydroxyl groups is 1.